The van der Waals surface area contributed by atoms with Crippen LogP contribution >= 0.6 is 46.3 Å². The Morgan fingerprint density at radius 3 is 2.76 bits per heavy atom. The molecule has 0 N–H and O–H groups in total. The number of fused-ring (bicyclic) bond motifs is 1. The van der Waals surface area contributed by atoms with E-state index >= 15 is 0 Å². The van der Waals surface area contributed by atoms with Crippen LogP contribution in [-0.4, -0.2) is 9.55 Å². The number of thiophene rings is 1. The smallest absolute Gasteiger partial charge is 0.263 e. The van der Waals surface area contributed by atoms with Gasteiger partial charge in [0.05, 0.1) is 15.4 Å². The molecule has 0 unspecified atom stereocenters. The van der Waals surface area contributed by atoms with Gasteiger partial charge in [0.25, 0.3) is 5.56 Å². The summed E-state index contributed by atoms with van der Waals surface area (Å²) in [5.41, 5.74) is 2.03. The van der Waals surface area contributed by atoms with E-state index in [1.165, 1.54) is 11.8 Å². The van der Waals surface area contributed by atoms with Crippen molar-refractivity contribution < 1.29 is 0 Å². The van der Waals surface area contributed by atoms with Crippen molar-refractivity contribution in [3.63, 3.8) is 0 Å². The maximum atomic E-state index is 12.9. The normalized spacial score (nSPS) is 11.2. The lowest BCUT2D eigenvalue weighted by atomic mass is 10.2. The van der Waals surface area contributed by atoms with Gasteiger partial charge in [0.2, 0.25) is 0 Å². The molecule has 2 heterocycles. The van der Waals surface area contributed by atoms with E-state index in [0.29, 0.717) is 32.9 Å². The van der Waals surface area contributed by atoms with Gasteiger partial charge in [-0.15, -0.1) is 17.9 Å². The van der Waals surface area contributed by atoms with Crippen LogP contribution in [0.3, 0.4) is 0 Å². The minimum atomic E-state index is -0.0108. The van der Waals surface area contributed by atoms with Crippen LogP contribution in [0.15, 0.2) is 40.8 Å². The zero-order valence-corrected chi connectivity index (χ0v) is 17.0. The predicted molar refractivity (Wildman–Crippen MR) is 110 cm³/mol. The summed E-state index contributed by atoms with van der Waals surface area (Å²) in [7, 11) is 0. The fraction of sp³-hybridized carbons (Fsp3) is 0.222. The third kappa shape index (κ3) is 3.65. The second-order valence-corrected chi connectivity index (χ2v) is 8.56. The Morgan fingerprint density at radius 1 is 1.32 bits per heavy atom. The highest BCUT2D eigenvalue weighted by Gasteiger charge is 2.16. The lowest BCUT2D eigenvalue weighted by molar-refractivity contribution is 0.672. The minimum Gasteiger partial charge on any atom is -0.283 e. The van der Waals surface area contributed by atoms with Crippen LogP contribution in [0.2, 0.25) is 10.0 Å². The number of hydrogen-bond acceptors (Lipinski definition) is 4. The van der Waals surface area contributed by atoms with E-state index in [4.69, 9.17) is 28.2 Å². The highest BCUT2D eigenvalue weighted by molar-refractivity contribution is 7.98. The molecule has 0 bridgehead atoms. The molecular formula is C18H16Cl2N2OS2. The van der Waals surface area contributed by atoms with Crippen LogP contribution in [0.25, 0.3) is 10.2 Å². The molecule has 130 valence electrons. The molecule has 0 saturated carbocycles. The zero-order chi connectivity index (χ0) is 18.1. The summed E-state index contributed by atoms with van der Waals surface area (Å²) in [4.78, 5) is 19.6. The first-order chi connectivity index (χ1) is 11.9. The Bertz CT molecular complexity index is 1020. The zero-order valence-electron chi connectivity index (χ0n) is 13.8. The number of aromatic nitrogens is 2. The van der Waals surface area contributed by atoms with E-state index in [-0.39, 0.29) is 5.56 Å². The van der Waals surface area contributed by atoms with Crippen molar-refractivity contribution in [3.8, 4) is 0 Å². The highest BCUT2D eigenvalue weighted by Crippen LogP contribution is 2.30. The van der Waals surface area contributed by atoms with Crippen LogP contribution in [0.5, 0.6) is 0 Å². The number of benzene rings is 1. The average molecular weight is 411 g/mol. The molecule has 2 aromatic heterocycles. The number of hydrogen-bond donors (Lipinski definition) is 0. The number of aryl methyl sites for hydroxylation is 2. The van der Waals surface area contributed by atoms with Gasteiger partial charge in [-0.05, 0) is 37.1 Å². The third-order valence-corrected chi connectivity index (χ3v) is 6.81. The van der Waals surface area contributed by atoms with Crippen molar-refractivity contribution >= 4 is 56.5 Å². The monoisotopic (exact) mass is 410 g/mol. The first kappa shape index (κ1) is 18.5. The van der Waals surface area contributed by atoms with Crippen molar-refractivity contribution in [3.05, 3.63) is 67.3 Å². The van der Waals surface area contributed by atoms with Gasteiger partial charge in [-0.3, -0.25) is 9.36 Å². The Kier molecular flexibility index (Phi) is 5.58. The van der Waals surface area contributed by atoms with Crippen LogP contribution in [0, 0.1) is 13.8 Å². The molecule has 3 aromatic rings. The molecule has 3 nitrogen and oxygen atoms in total. The van der Waals surface area contributed by atoms with Crippen molar-refractivity contribution in [2.75, 3.05) is 0 Å². The molecule has 0 radical (unpaired) electrons. The summed E-state index contributed by atoms with van der Waals surface area (Å²) in [5, 5.41) is 2.45. The molecule has 25 heavy (non-hydrogen) atoms. The van der Waals surface area contributed by atoms with Gasteiger partial charge < -0.3 is 0 Å². The summed E-state index contributed by atoms with van der Waals surface area (Å²) in [6, 6.07) is 5.54. The first-order valence-corrected chi connectivity index (χ1v) is 10.2. The standard InChI is InChI=1S/C18H16Cl2N2OS2/c1-4-7-22-17(23)15-10(2)11(3)25-16(15)21-18(22)24-9-12-5-6-13(19)14(20)8-12/h4-6,8H,1,7,9H2,2-3H3. The molecule has 1 aromatic carbocycles. The second kappa shape index (κ2) is 7.54. The van der Waals surface area contributed by atoms with Crippen LogP contribution in [0.4, 0.5) is 0 Å². The number of rotatable bonds is 5. The maximum absolute atomic E-state index is 12.9. The largest absolute Gasteiger partial charge is 0.283 e. The highest BCUT2D eigenvalue weighted by atomic mass is 35.5. The fourth-order valence-electron chi connectivity index (χ4n) is 2.49. The Balaban J connectivity index is 2.02. The van der Waals surface area contributed by atoms with E-state index < -0.39 is 0 Å². The number of thioether (sulfide) groups is 1. The molecular weight excluding hydrogens is 395 g/mol. The molecule has 0 amide bonds. The van der Waals surface area contributed by atoms with Gasteiger partial charge in [0, 0.05) is 17.2 Å². The number of nitrogens with zero attached hydrogens (tertiary/aromatic N) is 2. The van der Waals surface area contributed by atoms with Gasteiger partial charge in [0.1, 0.15) is 4.83 Å². The van der Waals surface area contributed by atoms with E-state index in [1.807, 2.05) is 26.0 Å². The van der Waals surface area contributed by atoms with Crippen LogP contribution < -0.4 is 5.56 Å². The summed E-state index contributed by atoms with van der Waals surface area (Å²) in [6.07, 6.45) is 1.71. The summed E-state index contributed by atoms with van der Waals surface area (Å²) in [5.74, 6) is 0.648. The molecule has 0 spiro atoms. The summed E-state index contributed by atoms with van der Waals surface area (Å²) in [6.45, 7) is 8.18. The molecule has 3 rings (SSSR count). The Labute approximate surface area is 164 Å². The number of allylic oxidation sites excluding steroid dienone is 1. The molecule has 0 aliphatic rings. The third-order valence-electron chi connectivity index (χ3n) is 3.92. The molecule has 0 saturated heterocycles. The second-order valence-electron chi connectivity index (χ2n) is 5.60. The SMILES string of the molecule is C=CCn1c(SCc2ccc(Cl)c(Cl)c2)nc2sc(C)c(C)c2c1=O. The van der Waals surface area contributed by atoms with Crippen molar-refractivity contribution in [2.24, 2.45) is 0 Å². The number of halogens is 2. The van der Waals surface area contributed by atoms with Gasteiger partial charge >= 0.3 is 0 Å². The van der Waals surface area contributed by atoms with Gasteiger partial charge in [-0.2, -0.15) is 0 Å². The minimum absolute atomic E-state index is 0.0108. The lowest BCUT2D eigenvalue weighted by Crippen LogP contribution is -2.22. The molecule has 7 heteroatoms. The maximum Gasteiger partial charge on any atom is 0.263 e. The fourth-order valence-corrected chi connectivity index (χ4v) is 4.83. The lowest BCUT2D eigenvalue weighted by Gasteiger charge is -2.10. The van der Waals surface area contributed by atoms with Gasteiger partial charge in [-0.1, -0.05) is 47.1 Å². The summed E-state index contributed by atoms with van der Waals surface area (Å²) < 4.78 is 1.68. The van der Waals surface area contributed by atoms with Crippen molar-refractivity contribution in [2.45, 2.75) is 31.3 Å². The van der Waals surface area contributed by atoms with Crippen LogP contribution in [-0.2, 0) is 12.3 Å². The molecule has 0 fully saturated rings. The quantitative estimate of drug-likeness (QED) is 0.300. The summed E-state index contributed by atoms with van der Waals surface area (Å²) >= 11 is 15.1. The van der Waals surface area contributed by atoms with E-state index in [1.54, 1.807) is 28.0 Å². The van der Waals surface area contributed by atoms with E-state index in [2.05, 4.69) is 6.58 Å². The molecule has 0 aliphatic heterocycles. The van der Waals surface area contributed by atoms with Gasteiger partial charge in [-0.25, -0.2) is 4.98 Å². The average Bonchev–Trinajstić information content (AvgIpc) is 2.86. The van der Waals surface area contributed by atoms with E-state index in [9.17, 15) is 4.79 Å². The predicted octanol–water partition coefficient (Wildman–Crippen LogP) is 5.86. The van der Waals surface area contributed by atoms with Crippen LogP contribution in [0.1, 0.15) is 16.0 Å². The topological polar surface area (TPSA) is 34.9 Å². The van der Waals surface area contributed by atoms with Gasteiger partial charge in [0.15, 0.2) is 5.16 Å². The van der Waals surface area contributed by atoms with Crippen molar-refractivity contribution in [1.29, 1.82) is 0 Å². The Morgan fingerprint density at radius 2 is 2.08 bits per heavy atom. The molecule has 0 aliphatic carbocycles. The first-order valence-electron chi connectivity index (χ1n) is 7.60. The van der Waals surface area contributed by atoms with E-state index in [0.717, 1.165) is 20.8 Å². The molecule has 0 atom stereocenters. The van der Waals surface area contributed by atoms with Crippen molar-refractivity contribution in [1.82, 2.24) is 9.55 Å². The Hall–Kier alpha value is -1.27.